The van der Waals surface area contributed by atoms with Crippen LogP contribution in [0.1, 0.15) is 31.7 Å². The van der Waals surface area contributed by atoms with Crippen LogP contribution in [-0.4, -0.2) is 22.7 Å². The van der Waals surface area contributed by atoms with Gasteiger partial charge in [0.2, 0.25) is 0 Å². The minimum absolute atomic E-state index is 0.272. The van der Waals surface area contributed by atoms with Crippen molar-refractivity contribution in [2.45, 2.75) is 38.8 Å². The van der Waals surface area contributed by atoms with Crippen molar-refractivity contribution in [2.75, 3.05) is 11.4 Å². The van der Waals surface area contributed by atoms with Gasteiger partial charge in [-0.25, -0.2) is 9.37 Å². The van der Waals surface area contributed by atoms with Crippen LogP contribution < -0.4 is 4.90 Å². The van der Waals surface area contributed by atoms with Crippen LogP contribution in [0, 0.1) is 5.82 Å². The van der Waals surface area contributed by atoms with E-state index in [9.17, 15) is 4.39 Å². The summed E-state index contributed by atoms with van der Waals surface area (Å²) in [7, 11) is 0. The van der Waals surface area contributed by atoms with Crippen LogP contribution in [0.15, 0.2) is 12.3 Å². The van der Waals surface area contributed by atoms with Crippen LogP contribution in [0.25, 0.3) is 0 Å². The van der Waals surface area contributed by atoms with Gasteiger partial charge in [0, 0.05) is 24.3 Å². The van der Waals surface area contributed by atoms with E-state index in [1.54, 1.807) is 6.20 Å². The Morgan fingerprint density at radius 2 is 2.31 bits per heavy atom. The van der Waals surface area contributed by atoms with E-state index < -0.39 is 0 Å². The zero-order chi connectivity index (χ0) is 11.5. The van der Waals surface area contributed by atoms with Gasteiger partial charge in [-0.05, 0) is 25.3 Å². The molecule has 1 aromatic rings. The summed E-state index contributed by atoms with van der Waals surface area (Å²) in [6, 6.07) is 1.96. The Balaban J connectivity index is 2.29. The van der Waals surface area contributed by atoms with E-state index in [1.807, 2.05) is 4.90 Å². The van der Waals surface area contributed by atoms with Gasteiger partial charge in [0.05, 0.1) is 6.61 Å². The summed E-state index contributed by atoms with van der Waals surface area (Å²) in [5.74, 6) is 0.0289. The smallest absolute Gasteiger partial charge is 0.171 e. The largest absolute Gasteiger partial charge is 0.392 e. The first-order valence-corrected chi connectivity index (χ1v) is 5.78. The molecule has 0 spiro atoms. The van der Waals surface area contributed by atoms with Crippen LogP contribution in [-0.2, 0) is 6.61 Å². The highest BCUT2D eigenvalue weighted by Crippen LogP contribution is 2.32. The molecule has 1 aliphatic carbocycles. The molecule has 2 rings (SSSR count). The van der Waals surface area contributed by atoms with Gasteiger partial charge in [0.15, 0.2) is 11.6 Å². The maximum Gasteiger partial charge on any atom is 0.171 e. The summed E-state index contributed by atoms with van der Waals surface area (Å²) < 4.78 is 14.0. The highest BCUT2D eigenvalue weighted by Gasteiger charge is 2.31. The number of aliphatic hydroxyl groups is 1. The number of rotatable bonds is 5. The lowest BCUT2D eigenvalue weighted by Crippen LogP contribution is -2.28. The van der Waals surface area contributed by atoms with Crippen molar-refractivity contribution in [2.24, 2.45) is 0 Å². The molecule has 1 saturated carbocycles. The molecule has 0 radical (unpaired) electrons. The molecule has 0 amide bonds. The second kappa shape index (κ2) is 4.78. The first-order chi connectivity index (χ1) is 7.77. The Morgan fingerprint density at radius 1 is 1.56 bits per heavy atom. The molecule has 0 saturated heterocycles. The minimum Gasteiger partial charge on any atom is -0.392 e. The van der Waals surface area contributed by atoms with Crippen molar-refractivity contribution in [3.63, 3.8) is 0 Å². The van der Waals surface area contributed by atoms with Crippen molar-refractivity contribution in [1.82, 2.24) is 4.98 Å². The maximum atomic E-state index is 14.0. The molecule has 3 nitrogen and oxygen atoms in total. The molecular weight excluding hydrogens is 207 g/mol. The normalized spacial score (nSPS) is 15.2. The molecule has 1 fully saturated rings. The predicted octanol–water partition coefficient (Wildman–Crippen LogP) is 2.09. The van der Waals surface area contributed by atoms with E-state index in [1.165, 1.54) is 6.07 Å². The minimum atomic E-state index is -0.370. The fourth-order valence-corrected chi connectivity index (χ4v) is 1.88. The topological polar surface area (TPSA) is 36.4 Å². The third kappa shape index (κ3) is 2.16. The van der Waals surface area contributed by atoms with E-state index in [0.29, 0.717) is 17.4 Å². The molecular formula is C12H17FN2O. The number of pyridine rings is 1. The number of hydrogen-bond acceptors (Lipinski definition) is 3. The van der Waals surface area contributed by atoms with Crippen molar-refractivity contribution in [3.05, 3.63) is 23.6 Å². The summed E-state index contributed by atoms with van der Waals surface area (Å²) in [4.78, 5) is 6.13. The van der Waals surface area contributed by atoms with E-state index in [4.69, 9.17) is 5.11 Å². The van der Waals surface area contributed by atoms with Crippen molar-refractivity contribution < 1.29 is 9.50 Å². The molecule has 16 heavy (non-hydrogen) atoms. The molecule has 1 heterocycles. The van der Waals surface area contributed by atoms with E-state index >= 15 is 0 Å². The average molecular weight is 224 g/mol. The molecule has 88 valence electrons. The van der Waals surface area contributed by atoms with Crippen LogP contribution >= 0.6 is 0 Å². The SMILES string of the molecule is CCCN(c1nccc(CO)c1F)C1CC1. The molecule has 1 aromatic heterocycles. The Bertz CT molecular complexity index is 366. The fraction of sp³-hybridized carbons (Fsp3) is 0.583. The molecule has 0 unspecified atom stereocenters. The van der Waals surface area contributed by atoms with Crippen molar-refractivity contribution >= 4 is 5.82 Å². The molecule has 0 aliphatic heterocycles. The van der Waals surface area contributed by atoms with Gasteiger partial charge in [0.1, 0.15) is 0 Å². The first kappa shape index (κ1) is 11.3. The Hall–Kier alpha value is -1.16. The number of aromatic nitrogens is 1. The Morgan fingerprint density at radius 3 is 2.88 bits per heavy atom. The van der Waals surface area contributed by atoms with Gasteiger partial charge >= 0.3 is 0 Å². The monoisotopic (exact) mass is 224 g/mol. The third-order valence-corrected chi connectivity index (χ3v) is 2.85. The van der Waals surface area contributed by atoms with Gasteiger partial charge in [-0.15, -0.1) is 0 Å². The average Bonchev–Trinajstić information content (AvgIpc) is 3.11. The zero-order valence-electron chi connectivity index (χ0n) is 9.49. The van der Waals surface area contributed by atoms with E-state index in [-0.39, 0.29) is 12.4 Å². The summed E-state index contributed by atoms with van der Waals surface area (Å²) in [5.41, 5.74) is 0.326. The standard InChI is InChI=1S/C12H17FN2O/c1-2-7-15(10-3-4-10)12-11(13)9(8-16)5-6-14-12/h5-6,10,16H,2-4,7-8H2,1H3. The number of hydrogen-bond donors (Lipinski definition) is 1. The van der Waals surface area contributed by atoms with Gasteiger partial charge in [-0.3, -0.25) is 0 Å². The zero-order valence-corrected chi connectivity index (χ0v) is 9.49. The van der Waals surface area contributed by atoms with Crippen molar-refractivity contribution in [3.8, 4) is 0 Å². The number of nitrogens with zero attached hydrogens (tertiary/aromatic N) is 2. The fourth-order valence-electron chi connectivity index (χ4n) is 1.88. The summed E-state index contributed by atoms with van der Waals surface area (Å²) >= 11 is 0. The number of anilines is 1. The van der Waals surface area contributed by atoms with Crippen LogP contribution in [0.3, 0.4) is 0 Å². The van der Waals surface area contributed by atoms with Crippen LogP contribution in [0.4, 0.5) is 10.2 Å². The molecule has 0 aromatic carbocycles. The molecule has 0 bridgehead atoms. The third-order valence-electron chi connectivity index (χ3n) is 2.85. The van der Waals surface area contributed by atoms with Crippen molar-refractivity contribution in [1.29, 1.82) is 0 Å². The van der Waals surface area contributed by atoms with Gasteiger partial charge in [-0.2, -0.15) is 0 Å². The van der Waals surface area contributed by atoms with E-state index in [0.717, 1.165) is 25.8 Å². The molecule has 1 aliphatic rings. The lowest BCUT2D eigenvalue weighted by atomic mass is 10.2. The molecule has 4 heteroatoms. The quantitative estimate of drug-likeness (QED) is 0.832. The highest BCUT2D eigenvalue weighted by atomic mass is 19.1. The second-order valence-corrected chi connectivity index (χ2v) is 4.19. The van der Waals surface area contributed by atoms with Crippen LogP contribution in [0.5, 0.6) is 0 Å². The summed E-state index contributed by atoms with van der Waals surface area (Å²) in [6.07, 6.45) is 4.77. The number of aliphatic hydroxyl groups excluding tert-OH is 1. The summed E-state index contributed by atoms with van der Waals surface area (Å²) in [5, 5.41) is 9.02. The van der Waals surface area contributed by atoms with E-state index in [2.05, 4.69) is 11.9 Å². The molecule has 0 atom stereocenters. The lowest BCUT2D eigenvalue weighted by Gasteiger charge is -2.23. The van der Waals surface area contributed by atoms with Gasteiger partial charge < -0.3 is 10.0 Å². The summed E-state index contributed by atoms with van der Waals surface area (Å²) in [6.45, 7) is 2.62. The predicted molar refractivity (Wildman–Crippen MR) is 60.8 cm³/mol. The van der Waals surface area contributed by atoms with Crippen LogP contribution in [0.2, 0.25) is 0 Å². The lowest BCUT2D eigenvalue weighted by molar-refractivity contribution is 0.275. The highest BCUT2D eigenvalue weighted by molar-refractivity contribution is 5.45. The molecule has 1 N–H and O–H groups in total. The Labute approximate surface area is 94.9 Å². The van der Waals surface area contributed by atoms with Gasteiger partial charge in [0.25, 0.3) is 0 Å². The Kier molecular flexibility index (Phi) is 3.39. The maximum absolute atomic E-state index is 14.0. The van der Waals surface area contributed by atoms with Gasteiger partial charge in [-0.1, -0.05) is 6.92 Å². The first-order valence-electron chi connectivity index (χ1n) is 5.78. The second-order valence-electron chi connectivity index (χ2n) is 4.19. The number of halogens is 1.